The highest BCUT2D eigenvalue weighted by Crippen LogP contribution is 2.40. The van der Waals surface area contributed by atoms with Crippen LogP contribution >= 0.6 is 0 Å². The highest BCUT2D eigenvalue weighted by molar-refractivity contribution is 6.74. The van der Waals surface area contributed by atoms with Crippen molar-refractivity contribution in [3.05, 3.63) is 12.7 Å². The van der Waals surface area contributed by atoms with Gasteiger partial charge in [0.15, 0.2) is 16.6 Å². The van der Waals surface area contributed by atoms with Crippen LogP contribution in [0.4, 0.5) is 0 Å². The first-order valence-corrected chi connectivity index (χ1v) is 16.3. The lowest BCUT2D eigenvalue weighted by Crippen LogP contribution is -2.51. The molecule has 0 N–H and O–H groups in total. The van der Waals surface area contributed by atoms with E-state index >= 15 is 0 Å². The molecule has 2 nitrogen and oxygen atoms in total. The van der Waals surface area contributed by atoms with Crippen LogP contribution in [-0.2, 0) is 8.85 Å². The summed E-state index contributed by atoms with van der Waals surface area (Å²) in [4.78, 5) is 0. The van der Waals surface area contributed by atoms with Gasteiger partial charge in [-0.1, -0.05) is 61.0 Å². The maximum Gasteiger partial charge on any atom is 0.193 e. The summed E-state index contributed by atoms with van der Waals surface area (Å²) in [7, 11) is -3.84. The fraction of sp³-hybridized carbons (Fsp3) is 0.826. The predicted molar refractivity (Wildman–Crippen MR) is 126 cm³/mol. The van der Waals surface area contributed by atoms with Crippen molar-refractivity contribution in [2.45, 2.75) is 123 Å². The van der Waals surface area contributed by atoms with Crippen molar-refractivity contribution < 1.29 is 8.85 Å². The fourth-order valence-electron chi connectivity index (χ4n) is 2.10. The summed E-state index contributed by atoms with van der Waals surface area (Å²) >= 11 is 0. The van der Waals surface area contributed by atoms with Gasteiger partial charge in [0.05, 0.1) is 12.2 Å². The van der Waals surface area contributed by atoms with Gasteiger partial charge in [0, 0.05) is 12.8 Å². The minimum absolute atomic E-state index is 0.0494. The molecule has 0 spiro atoms. The molecule has 4 heteroatoms. The Morgan fingerprint density at radius 3 is 1.78 bits per heavy atom. The smallest absolute Gasteiger partial charge is 0.193 e. The lowest BCUT2D eigenvalue weighted by Gasteiger charge is -2.44. The minimum atomic E-state index is -1.92. The second kappa shape index (κ2) is 10.4. The molecule has 2 atom stereocenters. The SMILES string of the molecule is C=C[C@H](O[Si](C)(C)C(C)(C)C)[C@H](CC#CCCCC)O[Si](C)(C)C(C)(C)C. The summed E-state index contributed by atoms with van der Waals surface area (Å²) in [6, 6.07) is 0. The van der Waals surface area contributed by atoms with Gasteiger partial charge >= 0.3 is 0 Å². The molecule has 0 saturated carbocycles. The highest BCUT2D eigenvalue weighted by atomic mass is 28.4. The fourth-order valence-corrected chi connectivity index (χ4v) is 4.71. The molecule has 158 valence electrons. The van der Waals surface area contributed by atoms with Gasteiger partial charge in [-0.15, -0.1) is 18.4 Å². The average Bonchev–Trinajstić information content (AvgIpc) is 2.49. The van der Waals surface area contributed by atoms with E-state index in [0.29, 0.717) is 6.42 Å². The van der Waals surface area contributed by atoms with Gasteiger partial charge in [0.1, 0.15) is 0 Å². The van der Waals surface area contributed by atoms with E-state index in [1.165, 1.54) is 6.42 Å². The first kappa shape index (κ1) is 26.7. The first-order chi connectivity index (χ1) is 12.1. The van der Waals surface area contributed by atoms with Gasteiger partial charge in [-0.2, -0.15) is 0 Å². The number of rotatable bonds is 9. The van der Waals surface area contributed by atoms with Crippen LogP contribution in [0.15, 0.2) is 12.7 Å². The lowest BCUT2D eigenvalue weighted by atomic mass is 10.1. The van der Waals surface area contributed by atoms with Crippen LogP contribution in [0.25, 0.3) is 0 Å². The third-order valence-corrected chi connectivity index (χ3v) is 15.1. The Morgan fingerprint density at radius 2 is 1.37 bits per heavy atom. The van der Waals surface area contributed by atoms with Gasteiger partial charge < -0.3 is 8.85 Å². The summed E-state index contributed by atoms with van der Waals surface area (Å²) in [6.45, 7) is 29.1. The van der Waals surface area contributed by atoms with Gasteiger partial charge in [-0.05, 0) is 42.7 Å². The Kier molecular flexibility index (Phi) is 10.3. The summed E-state index contributed by atoms with van der Waals surface area (Å²) in [5.41, 5.74) is 0. The molecule has 0 aromatic carbocycles. The van der Waals surface area contributed by atoms with Crippen molar-refractivity contribution in [1.29, 1.82) is 0 Å². The average molecular weight is 411 g/mol. The zero-order valence-electron chi connectivity index (χ0n) is 20.1. The van der Waals surface area contributed by atoms with Gasteiger partial charge in [0.25, 0.3) is 0 Å². The Hall–Kier alpha value is -0.346. The number of hydrogen-bond donors (Lipinski definition) is 0. The quantitative estimate of drug-likeness (QED) is 0.169. The second-order valence-corrected chi connectivity index (χ2v) is 20.2. The number of unbranched alkanes of at least 4 members (excludes halogenated alkanes) is 2. The van der Waals surface area contributed by atoms with Gasteiger partial charge in [-0.25, -0.2) is 0 Å². The molecule has 0 amide bonds. The van der Waals surface area contributed by atoms with E-state index in [9.17, 15) is 0 Å². The third-order valence-electron chi connectivity index (χ3n) is 6.17. The zero-order valence-corrected chi connectivity index (χ0v) is 22.1. The van der Waals surface area contributed by atoms with E-state index in [2.05, 4.69) is 93.1 Å². The maximum atomic E-state index is 6.78. The largest absolute Gasteiger partial charge is 0.410 e. The van der Waals surface area contributed by atoms with Crippen LogP contribution in [-0.4, -0.2) is 28.8 Å². The lowest BCUT2D eigenvalue weighted by molar-refractivity contribution is 0.0669. The normalized spacial score (nSPS) is 15.7. The second-order valence-electron chi connectivity index (χ2n) is 10.7. The van der Waals surface area contributed by atoms with Crippen molar-refractivity contribution >= 4 is 16.6 Å². The summed E-state index contributed by atoms with van der Waals surface area (Å²) in [5.74, 6) is 6.69. The van der Waals surface area contributed by atoms with E-state index in [1.54, 1.807) is 0 Å². The Morgan fingerprint density at radius 1 is 0.889 bits per heavy atom. The predicted octanol–water partition coefficient (Wildman–Crippen LogP) is 7.54. The van der Waals surface area contributed by atoms with Crippen LogP contribution < -0.4 is 0 Å². The van der Waals surface area contributed by atoms with Crippen LogP contribution in [0.3, 0.4) is 0 Å². The van der Waals surface area contributed by atoms with Crippen LogP contribution in [0, 0.1) is 11.8 Å². The molecule has 0 unspecified atom stereocenters. The van der Waals surface area contributed by atoms with Crippen molar-refractivity contribution in [3.63, 3.8) is 0 Å². The summed E-state index contributed by atoms with van der Waals surface area (Å²) in [6.07, 6.45) is 5.79. The van der Waals surface area contributed by atoms with Gasteiger partial charge in [-0.3, -0.25) is 0 Å². The molecule has 0 heterocycles. The van der Waals surface area contributed by atoms with Crippen molar-refractivity contribution in [2.75, 3.05) is 0 Å². The molecular weight excluding hydrogens is 364 g/mol. The minimum Gasteiger partial charge on any atom is -0.410 e. The Balaban J connectivity index is 5.57. The highest BCUT2D eigenvalue weighted by Gasteiger charge is 2.43. The van der Waals surface area contributed by atoms with E-state index in [4.69, 9.17) is 8.85 Å². The molecule has 0 saturated heterocycles. The molecule has 0 aromatic rings. The van der Waals surface area contributed by atoms with Crippen LogP contribution in [0.2, 0.25) is 36.3 Å². The maximum absolute atomic E-state index is 6.78. The topological polar surface area (TPSA) is 18.5 Å². The molecule has 0 rings (SSSR count). The van der Waals surface area contributed by atoms with Crippen LogP contribution in [0.1, 0.15) is 74.1 Å². The van der Waals surface area contributed by atoms with E-state index in [1.807, 2.05) is 6.08 Å². The standard InChI is InChI=1S/C23H46O2Si2/c1-13-15-16-17-18-19-21(25-27(11,12)23(6,7)8)20(14-2)24-26(9,10)22(3,4)5/h14,20-21H,2,13,15-16,19H2,1,3-12H3/t20-,21-/m0/s1. The van der Waals surface area contributed by atoms with Crippen LogP contribution in [0.5, 0.6) is 0 Å². The van der Waals surface area contributed by atoms with E-state index in [-0.39, 0.29) is 22.3 Å². The molecule has 27 heavy (non-hydrogen) atoms. The monoisotopic (exact) mass is 410 g/mol. The van der Waals surface area contributed by atoms with Crippen molar-refractivity contribution in [1.82, 2.24) is 0 Å². The molecule has 0 aliphatic rings. The molecule has 0 aliphatic heterocycles. The summed E-state index contributed by atoms with van der Waals surface area (Å²) < 4.78 is 13.5. The van der Waals surface area contributed by atoms with E-state index < -0.39 is 16.6 Å². The van der Waals surface area contributed by atoms with Gasteiger partial charge in [0.2, 0.25) is 0 Å². The molecule has 0 aliphatic carbocycles. The van der Waals surface area contributed by atoms with E-state index in [0.717, 1.165) is 12.8 Å². The summed E-state index contributed by atoms with van der Waals surface area (Å²) in [5, 5.41) is 0.312. The molecule has 0 radical (unpaired) electrons. The molecule has 0 fully saturated rings. The van der Waals surface area contributed by atoms with Crippen molar-refractivity contribution in [3.8, 4) is 11.8 Å². The Bertz CT molecular complexity index is 513. The van der Waals surface area contributed by atoms with Crippen molar-refractivity contribution in [2.24, 2.45) is 0 Å². The molecule has 0 bridgehead atoms. The molecular formula is C23H46O2Si2. The number of hydrogen-bond acceptors (Lipinski definition) is 2. The Labute approximate surface area is 172 Å². The third kappa shape index (κ3) is 8.68. The first-order valence-electron chi connectivity index (χ1n) is 10.5. The zero-order chi connectivity index (χ0) is 21.5. The molecule has 0 aromatic heterocycles.